The molecule has 0 aliphatic heterocycles. The van der Waals surface area contributed by atoms with E-state index in [4.69, 9.17) is 17.0 Å². The average Bonchev–Trinajstić information content (AvgIpc) is 2.27. The van der Waals surface area contributed by atoms with E-state index in [0.29, 0.717) is 18.1 Å². The van der Waals surface area contributed by atoms with Gasteiger partial charge >= 0.3 is 0 Å². The van der Waals surface area contributed by atoms with Crippen LogP contribution in [0.15, 0.2) is 18.3 Å². The third-order valence-electron chi connectivity index (χ3n) is 2.26. The highest BCUT2D eigenvalue weighted by atomic mass is 35.5. The molecule has 1 N–H and O–H groups in total. The Morgan fingerprint density at radius 3 is 2.88 bits per heavy atom. The zero-order valence-corrected chi connectivity index (χ0v) is 10.1. The van der Waals surface area contributed by atoms with Crippen LogP contribution >= 0.6 is 11.6 Å². The molecule has 6 nitrogen and oxygen atoms in total. The molecule has 0 bridgehead atoms. The fourth-order valence-corrected chi connectivity index (χ4v) is 1.34. The van der Waals surface area contributed by atoms with Gasteiger partial charge in [-0.1, -0.05) is 17.7 Å². The molecule has 7 heteroatoms. The molecule has 0 saturated carbocycles. The smallest absolute Gasteiger partial charge is 0.259 e. The normalized spacial score (nSPS) is 10.0. The Morgan fingerprint density at radius 1 is 1.65 bits per heavy atom. The fourth-order valence-electron chi connectivity index (χ4n) is 1.23. The first-order valence-corrected chi connectivity index (χ1v) is 5.37. The molecule has 0 aliphatic carbocycles. The highest BCUT2D eigenvalue weighted by molar-refractivity contribution is 6.29. The van der Waals surface area contributed by atoms with Crippen LogP contribution in [0.25, 0.3) is 0 Å². The molecule has 0 spiro atoms. The molecular formula is C10H13ClN4O2. The molecule has 0 fully saturated rings. The van der Waals surface area contributed by atoms with Gasteiger partial charge in [0.2, 0.25) is 0 Å². The number of likely N-dealkylation sites (N-methyl/N-ethyl adjacent to an activating group) is 1. The number of aromatic nitrogens is 1. The summed E-state index contributed by atoms with van der Waals surface area (Å²) < 4.78 is 0. The van der Waals surface area contributed by atoms with E-state index in [1.165, 1.54) is 0 Å². The number of nitro groups is 1. The highest BCUT2D eigenvalue weighted by Gasteiger charge is 2.10. The number of halogens is 1. The predicted octanol–water partition coefficient (Wildman–Crippen LogP) is 1.46. The van der Waals surface area contributed by atoms with Gasteiger partial charge in [0, 0.05) is 24.7 Å². The number of rotatable bonds is 5. The van der Waals surface area contributed by atoms with Gasteiger partial charge < -0.3 is 4.90 Å². The van der Waals surface area contributed by atoms with Gasteiger partial charge in [0.25, 0.3) is 6.54 Å². The van der Waals surface area contributed by atoms with Crippen molar-refractivity contribution in [2.24, 2.45) is 0 Å². The van der Waals surface area contributed by atoms with E-state index in [-0.39, 0.29) is 5.84 Å². The van der Waals surface area contributed by atoms with Crippen molar-refractivity contribution in [1.82, 2.24) is 9.88 Å². The quantitative estimate of drug-likeness (QED) is 0.284. The number of hydrogen-bond donors (Lipinski definition) is 1. The topological polar surface area (TPSA) is 83.1 Å². The SMILES string of the molecule is CN(CCc1ccc(Cl)nc1)C(=N)C[N+](=O)[O-]. The van der Waals surface area contributed by atoms with Gasteiger partial charge in [0.15, 0.2) is 5.84 Å². The molecule has 0 unspecified atom stereocenters. The standard InChI is InChI=1S/C10H13ClN4O2/c1-14(10(12)7-15(16)17)5-4-8-2-3-9(11)13-6-8/h2-3,6,12H,4-5,7H2,1H3. The Hall–Kier alpha value is -1.69. The van der Waals surface area contributed by atoms with Gasteiger partial charge in [0.05, 0.1) is 0 Å². The molecule has 0 amide bonds. The summed E-state index contributed by atoms with van der Waals surface area (Å²) in [6.45, 7) is 0.0886. The zero-order valence-electron chi connectivity index (χ0n) is 9.39. The minimum Gasteiger partial charge on any atom is -0.358 e. The van der Waals surface area contributed by atoms with Crippen LogP contribution in [0, 0.1) is 15.5 Å². The summed E-state index contributed by atoms with van der Waals surface area (Å²) in [6, 6.07) is 3.54. The van der Waals surface area contributed by atoms with Crippen molar-refractivity contribution in [1.29, 1.82) is 5.41 Å². The van der Waals surface area contributed by atoms with E-state index < -0.39 is 11.5 Å². The molecule has 1 rings (SSSR count). The van der Waals surface area contributed by atoms with Crippen LogP contribution in [0.3, 0.4) is 0 Å². The molecule has 1 aromatic rings. The van der Waals surface area contributed by atoms with Crippen LogP contribution in [-0.2, 0) is 6.42 Å². The largest absolute Gasteiger partial charge is 0.358 e. The molecule has 0 aromatic carbocycles. The maximum atomic E-state index is 10.2. The van der Waals surface area contributed by atoms with E-state index in [0.717, 1.165) is 5.56 Å². The van der Waals surface area contributed by atoms with E-state index in [1.807, 2.05) is 6.07 Å². The summed E-state index contributed by atoms with van der Waals surface area (Å²) in [6.07, 6.45) is 2.33. The molecule has 0 aliphatic rings. The molecule has 17 heavy (non-hydrogen) atoms. The maximum absolute atomic E-state index is 10.2. The fraction of sp³-hybridized carbons (Fsp3) is 0.400. The molecule has 0 radical (unpaired) electrons. The van der Waals surface area contributed by atoms with Crippen molar-refractivity contribution < 1.29 is 4.92 Å². The van der Waals surface area contributed by atoms with Gasteiger partial charge in [0.1, 0.15) is 5.15 Å². The highest BCUT2D eigenvalue weighted by Crippen LogP contribution is 2.06. The van der Waals surface area contributed by atoms with Crippen molar-refractivity contribution >= 4 is 17.4 Å². The minimum absolute atomic E-state index is 0.00285. The summed E-state index contributed by atoms with van der Waals surface area (Å²) in [7, 11) is 1.66. The second kappa shape index (κ2) is 6.15. The second-order valence-electron chi connectivity index (χ2n) is 3.60. The molecule has 92 valence electrons. The van der Waals surface area contributed by atoms with Crippen LogP contribution in [0.2, 0.25) is 5.15 Å². The van der Waals surface area contributed by atoms with Crippen LogP contribution in [0.4, 0.5) is 0 Å². The van der Waals surface area contributed by atoms with Crippen molar-refractivity contribution in [3.63, 3.8) is 0 Å². The van der Waals surface area contributed by atoms with Crippen molar-refractivity contribution in [2.45, 2.75) is 6.42 Å². The van der Waals surface area contributed by atoms with Crippen LogP contribution in [-0.4, -0.2) is 40.8 Å². The van der Waals surface area contributed by atoms with Gasteiger partial charge in [-0.3, -0.25) is 15.5 Å². The Balaban J connectivity index is 2.42. The number of pyridine rings is 1. The lowest BCUT2D eigenvalue weighted by atomic mass is 10.2. The summed E-state index contributed by atoms with van der Waals surface area (Å²) >= 11 is 5.65. The van der Waals surface area contributed by atoms with Gasteiger partial charge in [-0.25, -0.2) is 4.98 Å². The van der Waals surface area contributed by atoms with Crippen molar-refractivity contribution in [3.8, 4) is 0 Å². The number of hydrogen-bond acceptors (Lipinski definition) is 4. The summed E-state index contributed by atoms with van der Waals surface area (Å²) in [5.41, 5.74) is 0.982. The van der Waals surface area contributed by atoms with Gasteiger partial charge in [-0.15, -0.1) is 0 Å². The van der Waals surface area contributed by atoms with Crippen LogP contribution in [0.1, 0.15) is 5.56 Å². The lowest BCUT2D eigenvalue weighted by molar-refractivity contribution is -0.464. The van der Waals surface area contributed by atoms with Crippen molar-refractivity contribution in [2.75, 3.05) is 20.1 Å². The van der Waals surface area contributed by atoms with E-state index in [9.17, 15) is 10.1 Å². The monoisotopic (exact) mass is 256 g/mol. The Morgan fingerprint density at radius 2 is 2.35 bits per heavy atom. The first-order valence-electron chi connectivity index (χ1n) is 5.00. The molecule has 1 aromatic heterocycles. The van der Waals surface area contributed by atoms with E-state index in [1.54, 1.807) is 24.2 Å². The summed E-state index contributed by atoms with van der Waals surface area (Å²) in [5, 5.41) is 18.1. The Bertz CT molecular complexity index is 407. The average molecular weight is 257 g/mol. The Kier molecular flexibility index (Phi) is 4.84. The first kappa shape index (κ1) is 13.4. The third kappa shape index (κ3) is 4.78. The van der Waals surface area contributed by atoms with E-state index in [2.05, 4.69) is 4.98 Å². The second-order valence-corrected chi connectivity index (χ2v) is 3.99. The van der Waals surface area contributed by atoms with Gasteiger partial charge in [-0.2, -0.15) is 0 Å². The number of nitrogens with zero attached hydrogens (tertiary/aromatic N) is 3. The molecular weight excluding hydrogens is 244 g/mol. The summed E-state index contributed by atoms with van der Waals surface area (Å²) in [5.74, 6) is -0.00285. The maximum Gasteiger partial charge on any atom is 0.259 e. The number of amidine groups is 1. The molecule has 0 atom stereocenters. The van der Waals surface area contributed by atoms with Crippen molar-refractivity contribution in [3.05, 3.63) is 39.2 Å². The lowest BCUT2D eigenvalue weighted by Gasteiger charge is -2.17. The number of nitrogens with one attached hydrogen (secondary N) is 1. The first-order chi connectivity index (χ1) is 7.99. The lowest BCUT2D eigenvalue weighted by Crippen LogP contribution is -2.33. The third-order valence-corrected chi connectivity index (χ3v) is 2.49. The van der Waals surface area contributed by atoms with E-state index >= 15 is 0 Å². The van der Waals surface area contributed by atoms with Gasteiger partial charge in [-0.05, 0) is 18.1 Å². The van der Waals surface area contributed by atoms with Crippen LogP contribution in [0.5, 0.6) is 0 Å². The zero-order chi connectivity index (χ0) is 12.8. The molecule has 0 saturated heterocycles. The minimum atomic E-state index is -0.511. The Labute approximate surface area is 104 Å². The summed E-state index contributed by atoms with van der Waals surface area (Å²) in [4.78, 5) is 15.2. The predicted molar refractivity (Wildman–Crippen MR) is 65.2 cm³/mol. The van der Waals surface area contributed by atoms with Crippen LogP contribution < -0.4 is 0 Å². The molecule has 1 heterocycles.